The third-order valence-electron chi connectivity index (χ3n) is 3.60. The molecule has 2 aromatic rings. The molecule has 0 spiro atoms. The van der Waals surface area contributed by atoms with Gasteiger partial charge in [0, 0.05) is 4.47 Å². The number of amides is 2. The number of hydrogen-bond donors (Lipinski definition) is 3. The smallest absolute Gasteiger partial charge is 0.262 e. The minimum absolute atomic E-state index is 0.104. The number of phenols is 1. The normalized spacial score (nSPS) is 11.9. The molecule has 0 aliphatic rings. The van der Waals surface area contributed by atoms with Gasteiger partial charge in [-0.3, -0.25) is 9.59 Å². The molecule has 0 aromatic heterocycles. The molecule has 28 heavy (non-hydrogen) atoms. The molecule has 2 amide bonds. The Labute approximate surface area is 175 Å². The van der Waals surface area contributed by atoms with Gasteiger partial charge in [0.25, 0.3) is 11.8 Å². The Morgan fingerprint density at radius 2 is 2.07 bits per heavy atom. The van der Waals surface area contributed by atoms with Crippen LogP contribution in [0.4, 0.5) is 0 Å². The van der Waals surface area contributed by atoms with Crippen LogP contribution in [0.15, 0.2) is 46.0 Å². The zero-order chi connectivity index (χ0) is 20.7. The first-order valence-corrected chi connectivity index (χ1v) is 9.54. The lowest BCUT2D eigenvalue weighted by molar-refractivity contribution is -0.122. The number of carbonyl (C=O) groups excluding carboxylic acids is 2. The molecule has 7 nitrogen and oxygen atoms in total. The number of hydrazone groups is 1. The highest BCUT2D eigenvalue weighted by Gasteiger charge is 2.17. The van der Waals surface area contributed by atoms with Crippen LogP contribution in [-0.2, 0) is 4.79 Å². The van der Waals surface area contributed by atoms with Crippen molar-refractivity contribution in [3.05, 3.63) is 57.0 Å². The van der Waals surface area contributed by atoms with Crippen LogP contribution < -0.4 is 15.5 Å². The number of nitrogens with zero attached hydrogens (tertiary/aromatic N) is 1. The van der Waals surface area contributed by atoms with Gasteiger partial charge in [-0.15, -0.1) is 0 Å². The number of aromatic hydroxyl groups is 1. The van der Waals surface area contributed by atoms with Gasteiger partial charge in [0.15, 0.2) is 11.5 Å². The number of rotatable bonds is 7. The molecule has 9 heteroatoms. The van der Waals surface area contributed by atoms with Crippen molar-refractivity contribution in [3.63, 3.8) is 0 Å². The Kier molecular flexibility index (Phi) is 7.83. The van der Waals surface area contributed by atoms with E-state index in [1.807, 2.05) is 0 Å². The van der Waals surface area contributed by atoms with Crippen molar-refractivity contribution in [2.24, 2.45) is 5.10 Å². The van der Waals surface area contributed by atoms with Gasteiger partial charge in [0.2, 0.25) is 0 Å². The van der Waals surface area contributed by atoms with Gasteiger partial charge in [-0.25, -0.2) is 5.43 Å². The van der Waals surface area contributed by atoms with Crippen molar-refractivity contribution in [2.75, 3.05) is 6.61 Å². The predicted octanol–water partition coefficient (Wildman–Crippen LogP) is 3.48. The van der Waals surface area contributed by atoms with Crippen LogP contribution in [0, 0.1) is 0 Å². The van der Waals surface area contributed by atoms with Gasteiger partial charge in [0.1, 0.15) is 6.04 Å². The maximum Gasteiger partial charge on any atom is 0.262 e. The van der Waals surface area contributed by atoms with E-state index in [0.717, 1.165) is 0 Å². The number of ether oxygens (including phenoxy) is 1. The van der Waals surface area contributed by atoms with Gasteiger partial charge < -0.3 is 15.2 Å². The average molecular weight is 469 g/mol. The summed E-state index contributed by atoms with van der Waals surface area (Å²) in [5, 5.41) is 16.4. The quantitative estimate of drug-likeness (QED) is 0.428. The molecular formula is C19H19BrClN3O4. The van der Waals surface area contributed by atoms with E-state index >= 15 is 0 Å². The Morgan fingerprint density at radius 3 is 2.75 bits per heavy atom. The van der Waals surface area contributed by atoms with Crippen LogP contribution in [0.25, 0.3) is 0 Å². The predicted molar refractivity (Wildman–Crippen MR) is 111 cm³/mol. The number of benzene rings is 2. The number of nitrogens with one attached hydrogen (secondary N) is 2. The van der Waals surface area contributed by atoms with Gasteiger partial charge >= 0.3 is 0 Å². The maximum absolute atomic E-state index is 12.2. The molecule has 148 valence electrons. The molecule has 0 saturated carbocycles. The summed E-state index contributed by atoms with van der Waals surface area (Å²) in [4.78, 5) is 24.4. The molecular weight excluding hydrogens is 450 g/mol. The summed E-state index contributed by atoms with van der Waals surface area (Å²) in [5.74, 6) is -0.817. The molecule has 1 unspecified atom stereocenters. The molecule has 0 fully saturated rings. The molecule has 1 atom stereocenters. The van der Waals surface area contributed by atoms with Gasteiger partial charge in [-0.2, -0.15) is 5.10 Å². The molecule has 0 saturated heterocycles. The third kappa shape index (κ3) is 5.71. The lowest BCUT2D eigenvalue weighted by atomic mass is 10.2. The lowest BCUT2D eigenvalue weighted by Gasteiger charge is -2.13. The molecule has 2 aromatic carbocycles. The van der Waals surface area contributed by atoms with Gasteiger partial charge in [-0.1, -0.05) is 23.7 Å². The lowest BCUT2D eigenvalue weighted by Crippen LogP contribution is -2.43. The van der Waals surface area contributed by atoms with Crippen molar-refractivity contribution in [1.82, 2.24) is 10.7 Å². The van der Waals surface area contributed by atoms with Crippen molar-refractivity contribution < 1.29 is 19.4 Å². The first-order valence-electron chi connectivity index (χ1n) is 8.37. The van der Waals surface area contributed by atoms with Crippen molar-refractivity contribution in [3.8, 4) is 11.5 Å². The number of carbonyl (C=O) groups is 2. The Morgan fingerprint density at radius 1 is 1.36 bits per heavy atom. The van der Waals surface area contributed by atoms with Gasteiger partial charge in [-0.05, 0) is 59.6 Å². The summed E-state index contributed by atoms with van der Waals surface area (Å²) in [6.45, 7) is 3.68. The fourth-order valence-corrected chi connectivity index (χ4v) is 2.87. The minimum Gasteiger partial charge on any atom is -0.503 e. The third-order valence-corrected chi connectivity index (χ3v) is 4.58. The van der Waals surface area contributed by atoms with E-state index in [0.29, 0.717) is 22.2 Å². The molecule has 0 bridgehead atoms. The van der Waals surface area contributed by atoms with Crippen LogP contribution in [0.5, 0.6) is 11.5 Å². The summed E-state index contributed by atoms with van der Waals surface area (Å²) < 4.78 is 5.92. The highest BCUT2D eigenvalue weighted by Crippen LogP contribution is 2.34. The second-order valence-electron chi connectivity index (χ2n) is 5.69. The minimum atomic E-state index is -0.806. The van der Waals surface area contributed by atoms with Crippen LogP contribution in [0.3, 0.4) is 0 Å². The van der Waals surface area contributed by atoms with Crippen LogP contribution in [0.2, 0.25) is 5.02 Å². The molecule has 0 aliphatic carbocycles. The first-order chi connectivity index (χ1) is 13.3. The Hall–Kier alpha value is -2.58. The zero-order valence-electron chi connectivity index (χ0n) is 15.2. The number of halogens is 2. The molecule has 2 rings (SSSR count). The molecule has 0 aliphatic heterocycles. The van der Waals surface area contributed by atoms with Crippen molar-refractivity contribution in [1.29, 1.82) is 0 Å². The van der Waals surface area contributed by atoms with Crippen LogP contribution in [0.1, 0.15) is 29.8 Å². The summed E-state index contributed by atoms with van der Waals surface area (Å²) in [7, 11) is 0. The van der Waals surface area contributed by atoms with Crippen molar-refractivity contribution >= 4 is 45.6 Å². The van der Waals surface area contributed by atoms with E-state index in [4.69, 9.17) is 16.3 Å². The standard InChI is InChI=1S/C19H19BrClN3O4/c1-3-28-16-9-12(8-15(21)17(16)25)10-22-24-18(26)11(2)23-19(27)13-6-4-5-7-14(13)20/h4-11,25H,3H2,1-2H3,(H,23,27)(H,24,26). The summed E-state index contributed by atoms with van der Waals surface area (Å²) in [6.07, 6.45) is 1.36. The molecule has 0 radical (unpaired) electrons. The zero-order valence-corrected chi connectivity index (χ0v) is 17.5. The van der Waals surface area contributed by atoms with Crippen LogP contribution >= 0.6 is 27.5 Å². The SMILES string of the molecule is CCOc1cc(C=NNC(=O)C(C)NC(=O)c2ccccc2Br)cc(Cl)c1O. The largest absolute Gasteiger partial charge is 0.503 e. The highest BCUT2D eigenvalue weighted by molar-refractivity contribution is 9.10. The second kappa shape index (κ2) is 10.1. The van der Waals surface area contributed by atoms with Crippen LogP contribution in [-0.4, -0.2) is 35.8 Å². The summed E-state index contributed by atoms with van der Waals surface area (Å²) in [5.41, 5.74) is 3.29. The van der Waals surface area contributed by atoms with E-state index in [1.165, 1.54) is 12.3 Å². The fourth-order valence-electron chi connectivity index (χ4n) is 2.19. The average Bonchev–Trinajstić information content (AvgIpc) is 2.66. The summed E-state index contributed by atoms with van der Waals surface area (Å²) in [6, 6.07) is 9.12. The fraction of sp³-hybridized carbons (Fsp3) is 0.211. The second-order valence-corrected chi connectivity index (χ2v) is 6.95. The first kappa shape index (κ1) is 21.7. The topological polar surface area (TPSA) is 100 Å². The van der Waals surface area contributed by atoms with E-state index < -0.39 is 11.9 Å². The maximum atomic E-state index is 12.2. The van der Waals surface area contributed by atoms with Crippen molar-refractivity contribution in [2.45, 2.75) is 19.9 Å². The highest BCUT2D eigenvalue weighted by atomic mass is 79.9. The van der Waals surface area contributed by atoms with E-state index in [2.05, 4.69) is 31.8 Å². The Bertz CT molecular complexity index is 905. The monoisotopic (exact) mass is 467 g/mol. The van der Waals surface area contributed by atoms with Gasteiger partial charge in [0.05, 0.1) is 23.4 Å². The summed E-state index contributed by atoms with van der Waals surface area (Å²) >= 11 is 9.24. The van der Waals surface area contributed by atoms with E-state index in [9.17, 15) is 14.7 Å². The number of hydrogen-bond acceptors (Lipinski definition) is 5. The number of phenolic OH excluding ortho intramolecular Hbond substituents is 1. The van der Waals surface area contributed by atoms with E-state index in [1.54, 1.807) is 44.2 Å². The van der Waals surface area contributed by atoms with E-state index in [-0.39, 0.29) is 22.4 Å². The molecule has 0 heterocycles. The molecule has 3 N–H and O–H groups in total. The Balaban J connectivity index is 1.97.